The molecule has 1 saturated carbocycles. The largest absolute Gasteiger partial charge is 0.393 e. The molecule has 2 aliphatic heterocycles. The second kappa shape index (κ2) is 9.07. The predicted molar refractivity (Wildman–Crippen MR) is 142 cm³/mol. The van der Waals surface area contributed by atoms with E-state index < -0.39 is 30.5 Å². The molecule has 3 fully saturated rings. The first-order valence-corrected chi connectivity index (χ1v) is 13.5. The van der Waals surface area contributed by atoms with Crippen LogP contribution in [0.15, 0.2) is 48.9 Å². The van der Waals surface area contributed by atoms with Crippen LogP contribution in [0.5, 0.6) is 0 Å². The van der Waals surface area contributed by atoms with Crippen molar-refractivity contribution in [3.05, 3.63) is 54.5 Å². The second-order valence-electron chi connectivity index (χ2n) is 11.1. The SMILES string of the molecule is Nc1ncnn2c(-c3cccc([C@]4(C(=O)N5CC(F)(F)C5)C[C@@H](O)C4)c3)cc(-c3ccnn3C3CCOCC3)c12. The summed E-state index contributed by atoms with van der Waals surface area (Å²) in [7, 11) is 0. The third kappa shape index (κ3) is 3.88. The van der Waals surface area contributed by atoms with E-state index in [1.54, 1.807) is 10.7 Å². The van der Waals surface area contributed by atoms with Gasteiger partial charge in [0.15, 0.2) is 5.82 Å². The van der Waals surface area contributed by atoms with Crippen molar-refractivity contribution in [2.45, 2.75) is 49.2 Å². The molecule has 0 spiro atoms. The normalized spacial score (nSPS) is 24.6. The van der Waals surface area contributed by atoms with Gasteiger partial charge in [-0.15, -0.1) is 0 Å². The highest BCUT2D eigenvalue weighted by Gasteiger charge is 2.57. The summed E-state index contributed by atoms with van der Waals surface area (Å²) in [6.07, 6.45) is 4.59. The maximum atomic E-state index is 13.6. The number of amides is 1. The van der Waals surface area contributed by atoms with Crippen LogP contribution in [0.3, 0.4) is 0 Å². The first kappa shape index (κ1) is 25.1. The number of anilines is 1. The van der Waals surface area contributed by atoms with Gasteiger partial charge >= 0.3 is 0 Å². The lowest BCUT2D eigenvalue weighted by Gasteiger charge is -2.50. The number of hydrogen-bond donors (Lipinski definition) is 2. The number of benzene rings is 1. The van der Waals surface area contributed by atoms with Gasteiger partial charge in [0.25, 0.3) is 5.92 Å². The van der Waals surface area contributed by atoms with Gasteiger partial charge in [-0.1, -0.05) is 18.2 Å². The fraction of sp³-hybridized carbons (Fsp3) is 0.429. The molecule has 4 aromatic rings. The zero-order valence-electron chi connectivity index (χ0n) is 21.7. The first-order chi connectivity index (χ1) is 19.3. The van der Waals surface area contributed by atoms with E-state index >= 15 is 0 Å². The number of likely N-dealkylation sites (tertiary alicyclic amines) is 1. The second-order valence-corrected chi connectivity index (χ2v) is 11.1. The van der Waals surface area contributed by atoms with Crippen LogP contribution >= 0.6 is 0 Å². The molecule has 2 saturated heterocycles. The molecule has 0 atom stereocenters. The Morgan fingerprint density at radius 3 is 2.58 bits per heavy atom. The molecule has 5 heterocycles. The zero-order valence-corrected chi connectivity index (χ0v) is 21.7. The number of fused-ring (bicyclic) bond motifs is 1. The van der Waals surface area contributed by atoms with Gasteiger partial charge in [0, 0.05) is 30.5 Å². The van der Waals surface area contributed by atoms with E-state index in [1.807, 2.05) is 41.1 Å². The summed E-state index contributed by atoms with van der Waals surface area (Å²) in [5, 5.41) is 19.3. The number of ether oxygens (including phenoxy) is 1. The smallest absolute Gasteiger partial charge is 0.282 e. The molecular formula is C28H29F2N7O3. The van der Waals surface area contributed by atoms with Gasteiger partial charge in [-0.3, -0.25) is 9.48 Å². The van der Waals surface area contributed by atoms with Crippen LogP contribution in [0, 0.1) is 0 Å². The molecule has 0 bridgehead atoms. The van der Waals surface area contributed by atoms with E-state index in [9.17, 15) is 18.7 Å². The topological polar surface area (TPSA) is 124 Å². The number of aliphatic hydroxyl groups is 1. The summed E-state index contributed by atoms with van der Waals surface area (Å²) in [6, 6.07) is 11.6. The van der Waals surface area contributed by atoms with Gasteiger partial charge in [0.2, 0.25) is 5.91 Å². The molecule has 0 unspecified atom stereocenters. The Labute approximate surface area is 228 Å². The van der Waals surface area contributed by atoms with E-state index in [0.717, 1.165) is 35.4 Å². The molecule has 12 heteroatoms. The minimum atomic E-state index is -2.86. The molecule has 0 radical (unpaired) electrons. The van der Waals surface area contributed by atoms with Crippen molar-refractivity contribution in [2.24, 2.45) is 0 Å². The van der Waals surface area contributed by atoms with Gasteiger partial charge in [-0.25, -0.2) is 18.3 Å². The van der Waals surface area contributed by atoms with Gasteiger partial charge in [0.05, 0.1) is 42.0 Å². The van der Waals surface area contributed by atoms with Crippen molar-refractivity contribution in [1.29, 1.82) is 0 Å². The summed E-state index contributed by atoms with van der Waals surface area (Å²) < 4.78 is 36.5. The highest BCUT2D eigenvalue weighted by Crippen LogP contribution is 2.48. The maximum Gasteiger partial charge on any atom is 0.282 e. The van der Waals surface area contributed by atoms with Crippen LogP contribution in [0.1, 0.15) is 37.3 Å². The molecule has 7 rings (SSSR count). The molecule has 1 aromatic carbocycles. The number of halogens is 2. The zero-order chi connectivity index (χ0) is 27.6. The molecular weight excluding hydrogens is 520 g/mol. The number of carbonyl (C=O) groups excluding carboxylic acids is 1. The Bertz CT molecular complexity index is 1600. The van der Waals surface area contributed by atoms with Crippen LogP contribution in [0.25, 0.3) is 28.0 Å². The molecule has 208 valence electrons. The molecule has 3 aliphatic rings. The van der Waals surface area contributed by atoms with Crippen molar-refractivity contribution < 1.29 is 23.4 Å². The summed E-state index contributed by atoms with van der Waals surface area (Å²) in [5.41, 5.74) is 9.89. The Kier molecular flexibility index (Phi) is 5.69. The minimum absolute atomic E-state index is 0.191. The van der Waals surface area contributed by atoms with Crippen LogP contribution in [-0.2, 0) is 14.9 Å². The fourth-order valence-electron chi connectivity index (χ4n) is 6.43. The Hall–Kier alpha value is -3.90. The monoisotopic (exact) mass is 549 g/mol. The number of rotatable bonds is 5. The average Bonchev–Trinajstić information content (AvgIpc) is 3.56. The summed E-state index contributed by atoms with van der Waals surface area (Å²) in [6.45, 7) is 0.169. The van der Waals surface area contributed by atoms with Crippen LogP contribution in [-0.4, -0.2) is 78.6 Å². The van der Waals surface area contributed by atoms with E-state index in [-0.39, 0.29) is 24.8 Å². The molecule has 10 nitrogen and oxygen atoms in total. The Balaban J connectivity index is 1.31. The predicted octanol–water partition coefficient (Wildman–Crippen LogP) is 3.06. The standard InChI is InChI=1S/C28H29F2N7O3/c29-28(30)14-35(15-28)26(39)27(12-20(38)13-27)18-3-1-2-17(10-18)23-11-21(24-25(31)32-16-34-37(23)24)22-4-7-33-36(22)19-5-8-40-9-6-19/h1-4,7,10-11,16,19-20,38H,5-6,8-9,12-15H2,(H2,31,32,34)/t20-,27+. The third-order valence-electron chi connectivity index (χ3n) is 8.49. The van der Waals surface area contributed by atoms with E-state index in [4.69, 9.17) is 10.5 Å². The number of hydrogen-bond acceptors (Lipinski definition) is 7. The summed E-state index contributed by atoms with van der Waals surface area (Å²) in [4.78, 5) is 18.9. The number of carbonyl (C=O) groups is 1. The van der Waals surface area contributed by atoms with Gasteiger partial charge in [-0.05, 0) is 49.4 Å². The molecule has 1 amide bonds. The first-order valence-electron chi connectivity index (χ1n) is 13.5. The van der Waals surface area contributed by atoms with Crippen molar-refractivity contribution in [3.63, 3.8) is 0 Å². The number of nitrogens with two attached hydrogens (primary N) is 1. The Morgan fingerprint density at radius 1 is 1.07 bits per heavy atom. The number of nitrogen functional groups attached to an aromatic ring is 1. The Morgan fingerprint density at radius 2 is 1.85 bits per heavy atom. The van der Waals surface area contributed by atoms with Crippen molar-refractivity contribution in [2.75, 3.05) is 32.0 Å². The molecule has 1 aliphatic carbocycles. The van der Waals surface area contributed by atoms with E-state index in [2.05, 4.69) is 15.2 Å². The van der Waals surface area contributed by atoms with Gasteiger partial charge < -0.3 is 20.5 Å². The van der Waals surface area contributed by atoms with Crippen LogP contribution in [0.4, 0.5) is 14.6 Å². The lowest BCUT2D eigenvalue weighted by Crippen LogP contribution is -2.65. The number of aliphatic hydroxyl groups excluding tert-OH is 1. The van der Waals surface area contributed by atoms with Crippen LogP contribution < -0.4 is 5.73 Å². The third-order valence-corrected chi connectivity index (χ3v) is 8.49. The van der Waals surface area contributed by atoms with Crippen molar-refractivity contribution in [3.8, 4) is 22.5 Å². The van der Waals surface area contributed by atoms with E-state index in [0.29, 0.717) is 30.1 Å². The maximum absolute atomic E-state index is 13.6. The average molecular weight is 550 g/mol. The number of nitrogens with zero attached hydrogens (tertiary/aromatic N) is 6. The lowest BCUT2D eigenvalue weighted by molar-refractivity contribution is -0.178. The van der Waals surface area contributed by atoms with Crippen molar-refractivity contribution >= 4 is 17.2 Å². The number of alkyl halides is 2. The lowest BCUT2D eigenvalue weighted by atomic mass is 9.61. The highest BCUT2D eigenvalue weighted by molar-refractivity contribution is 5.93. The fourth-order valence-corrected chi connectivity index (χ4v) is 6.43. The molecule has 40 heavy (non-hydrogen) atoms. The quantitative estimate of drug-likeness (QED) is 0.392. The van der Waals surface area contributed by atoms with Gasteiger partial charge in [-0.2, -0.15) is 10.2 Å². The summed E-state index contributed by atoms with van der Waals surface area (Å²) >= 11 is 0. The van der Waals surface area contributed by atoms with Crippen molar-refractivity contribution in [1.82, 2.24) is 29.3 Å². The van der Waals surface area contributed by atoms with E-state index in [1.165, 1.54) is 11.2 Å². The number of aromatic nitrogens is 5. The molecule has 3 aromatic heterocycles. The van der Waals surface area contributed by atoms with Gasteiger partial charge in [0.1, 0.15) is 11.8 Å². The minimum Gasteiger partial charge on any atom is -0.393 e. The molecule has 3 N–H and O–H groups in total. The highest BCUT2D eigenvalue weighted by atomic mass is 19.3. The summed E-state index contributed by atoms with van der Waals surface area (Å²) in [5.74, 6) is -2.91. The van der Waals surface area contributed by atoms with Crippen LogP contribution in [0.2, 0.25) is 0 Å².